The van der Waals surface area contributed by atoms with Crippen LogP contribution in [0, 0.1) is 0 Å². The van der Waals surface area contributed by atoms with E-state index in [-0.39, 0.29) is 11.3 Å². The number of halogens is 3. The maximum absolute atomic E-state index is 12.9. The number of anilines is 1. The van der Waals surface area contributed by atoms with Crippen LogP contribution in [-0.2, 0) is 10.9 Å². The van der Waals surface area contributed by atoms with Gasteiger partial charge in [0.25, 0.3) is 5.91 Å². The Bertz CT molecular complexity index is 724. The van der Waals surface area contributed by atoms with Crippen molar-refractivity contribution in [1.29, 1.82) is 0 Å². The van der Waals surface area contributed by atoms with Crippen molar-refractivity contribution in [2.75, 3.05) is 12.4 Å². The van der Waals surface area contributed by atoms with E-state index in [4.69, 9.17) is 0 Å². The van der Waals surface area contributed by atoms with Gasteiger partial charge >= 0.3 is 12.1 Å². The van der Waals surface area contributed by atoms with Crippen LogP contribution in [0.4, 0.5) is 18.9 Å². The molecule has 120 valence electrons. The van der Waals surface area contributed by atoms with E-state index in [9.17, 15) is 22.8 Å². The first kappa shape index (κ1) is 16.5. The van der Waals surface area contributed by atoms with Crippen molar-refractivity contribution in [2.45, 2.75) is 6.18 Å². The van der Waals surface area contributed by atoms with Crippen molar-refractivity contribution >= 4 is 17.6 Å². The Morgan fingerprint density at radius 3 is 2.17 bits per heavy atom. The molecule has 23 heavy (non-hydrogen) atoms. The van der Waals surface area contributed by atoms with Crippen molar-refractivity contribution in [1.82, 2.24) is 0 Å². The highest BCUT2D eigenvalue weighted by atomic mass is 19.4. The molecule has 0 aliphatic rings. The largest absolute Gasteiger partial charge is 0.465 e. The van der Waals surface area contributed by atoms with Crippen molar-refractivity contribution in [2.24, 2.45) is 0 Å². The van der Waals surface area contributed by atoms with Crippen LogP contribution in [0.5, 0.6) is 0 Å². The molecule has 7 heteroatoms. The molecular weight excluding hydrogens is 311 g/mol. The lowest BCUT2D eigenvalue weighted by Crippen LogP contribution is -2.18. The Morgan fingerprint density at radius 1 is 1.00 bits per heavy atom. The number of amides is 1. The zero-order valence-electron chi connectivity index (χ0n) is 12.0. The molecule has 0 saturated carbocycles. The second-order valence-electron chi connectivity index (χ2n) is 4.57. The normalized spacial score (nSPS) is 11.0. The van der Waals surface area contributed by atoms with Crippen LogP contribution in [0.1, 0.15) is 26.3 Å². The molecule has 1 amide bonds. The quantitative estimate of drug-likeness (QED) is 0.875. The maximum atomic E-state index is 12.9. The lowest BCUT2D eigenvalue weighted by atomic mass is 10.1. The fourth-order valence-corrected chi connectivity index (χ4v) is 1.93. The minimum absolute atomic E-state index is 0.264. The van der Waals surface area contributed by atoms with Crippen LogP contribution in [0.25, 0.3) is 0 Å². The molecule has 0 aliphatic carbocycles. The van der Waals surface area contributed by atoms with Gasteiger partial charge in [-0.05, 0) is 36.4 Å². The number of benzene rings is 2. The Balaban J connectivity index is 2.22. The highest BCUT2D eigenvalue weighted by molar-refractivity contribution is 6.05. The minimum atomic E-state index is -4.62. The van der Waals surface area contributed by atoms with E-state index in [0.29, 0.717) is 0 Å². The summed E-state index contributed by atoms with van der Waals surface area (Å²) in [5.74, 6) is -1.44. The molecule has 4 nitrogen and oxygen atoms in total. The number of esters is 1. The standard InChI is InChI=1S/C16H12F3NO3/c1-23-15(22)10-6-8-11(9-7-10)20-14(21)12-4-2-3-5-13(12)16(17,18)19/h2-9H,1H3,(H,20,21). The molecule has 0 spiro atoms. The zero-order valence-corrected chi connectivity index (χ0v) is 12.0. The molecule has 0 fully saturated rings. The molecule has 0 saturated heterocycles. The summed E-state index contributed by atoms with van der Waals surface area (Å²) >= 11 is 0. The molecule has 0 heterocycles. The summed E-state index contributed by atoms with van der Waals surface area (Å²) in [5.41, 5.74) is -0.957. The topological polar surface area (TPSA) is 55.4 Å². The number of rotatable bonds is 3. The Labute approximate surface area is 129 Å². The molecule has 0 aromatic heterocycles. The van der Waals surface area contributed by atoms with E-state index in [1.807, 2.05) is 0 Å². The average molecular weight is 323 g/mol. The van der Waals surface area contributed by atoms with Crippen molar-refractivity contribution in [3.05, 3.63) is 65.2 Å². The summed E-state index contributed by atoms with van der Waals surface area (Å²) in [5, 5.41) is 2.36. The number of methoxy groups -OCH3 is 1. The number of nitrogens with one attached hydrogen (secondary N) is 1. The Hall–Kier alpha value is -2.83. The Morgan fingerprint density at radius 2 is 1.61 bits per heavy atom. The molecule has 0 unspecified atom stereocenters. The number of carbonyl (C=O) groups is 2. The smallest absolute Gasteiger partial charge is 0.417 e. The lowest BCUT2D eigenvalue weighted by molar-refractivity contribution is -0.137. The molecule has 0 bridgehead atoms. The monoisotopic (exact) mass is 323 g/mol. The van der Waals surface area contributed by atoms with Gasteiger partial charge in [0.05, 0.1) is 23.8 Å². The van der Waals surface area contributed by atoms with Crippen LogP contribution in [0.3, 0.4) is 0 Å². The van der Waals surface area contributed by atoms with Crippen LogP contribution < -0.4 is 5.32 Å². The summed E-state index contributed by atoms with van der Waals surface area (Å²) in [4.78, 5) is 23.3. The summed E-state index contributed by atoms with van der Waals surface area (Å²) < 4.78 is 43.2. The van der Waals surface area contributed by atoms with Crippen molar-refractivity contribution in [3.8, 4) is 0 Å². The number of ether oxygens (including phenoxy) is 1. The first-order valence-electron chi connectivity index (χ1n) is 6.49. The highest BCUT2D eigenvalue weighted by Crippen LogP contribution is 2.32. The third-order valence-corrected chi connectivity index (χ3v) is 3.04. The minimum Gasteiger partial charge on any atom is -0.465 e. The number of hydrogen-bond donors (Lipinski definition) is 1. The van der Waals surface area contributed by atoms with Gasteiger partial charge in [-0.1, -0.05) is 12.1 Å². The van der Waals surface area contributed by atoms with Crippen LogP contribution in [-0.4, -0.2) is 19.0 Å². The molecule has 2 aromatic rings. The van der Waals surface area contributed by atoms with Gasteiger partial charge in [0.15, 0.2) is 0 Å². The summed E-state index contributed by atoms with van der Waals surface area (Å²) in [7, 11) is 1.23. The van der Waals surface area contributed by atoms with E-state index in [1.165, 1.54) is 43.5 Å². The molecule has 2 rings (SSSR count). The first-order valence-corrected chi connectivity index (χ1v) is 6.49. The van der Waals surface area contributed by atoms with Gasteiger partial charge < -0.3 is 10.1 Å². The van der Waals surface area contributed by atoms with Crippen molar-refractivity contribution < 1.29 is 27.5 Å². The maximum Gasteiger partial charge on any atom is 0.417 e. The van der Waals surface area contributed by atoms with Gasteiger partial charge in [-0.2, -0.15) is 13.2 Å². The third kappa shape index (κ3) is 3.88. The molecule has 0 radical (unpaired) electrons. The second-order valence-corrected chi connectivity index (χ2v) is 4.57. The summed E-state index contributed by atoms with van der Waals surface area (Å²) in [6, 6.07) is 10.1. The van der Waals surface area contributed by atoms with Crippen LogP contribution in [0.15, 0.2) is 48.5 Å². The van der Waals surface area contributed by atoms with E-state index in [2.05, 4.69) is 10.1 Å². The van der Waals surface area contributed by atoms with Gasteiger partial charge in [-0.3, -0.25) is 4.79 Å². The molecule has 1 N–H and O–H groups in total. The van der Waals surface area contributed by atoms with Gasteiger partial charge in [-0.25, -0.2) is 4.79 Å². The van der Waals surface area contributed by atoms with Gasteiger partial charge in [0.1, 0.15) is 0 Å². The summed E-state index contributed by atoms with van der Waals surface area (Å²) in [6.45, 7) is 0. The first-order chi connectivity index (χ1) is 10.8. The fraction of sp³-hybridized carbons (Fsp3) is 0.125. The molecule has 0 atom stereocenters. The average Bonchev–Trinajstić information content (AvgIpc) is 2.54. The molecule has 2 aromatic carbocycles. The Kier molecular flexibility index (Phi) is 4.68. The fourth-order valence-electron chi connectivity index (χ4n) is 1.93. The van der Waals surface area contributed by atoms with Gasteiger partial charge in [-0.15, -0.1) is 0 Å². The zero-order chi connectivity index (χ0) is 17.0. The van der Waals surface area contributed by atoms with Crippen molar-refractivity contribution in [3.63, 3.8) is 0 Å². The highest BCUT2D eigenvalue weighted by Gasteiger charge is 2.34. The van der Waals surface area contributed by atoms with Crippen LogP contribution >= 0.6 is 0 Å². The van der Waals surface area contributed by atoms with E-state index >= 15 is 0 Å². The van der Waals surface area contributed by atoms with Crippen LogP contribution in [0.2, 0.25) is 0 Å². The number of hydrogen-bond acceptors (Lipinski definition) is 3. The molecule has 0 aliphatic heterocycles. The predicted octanol–water partition coefficient (Wildman–Crippen LogP) is 3.74. The van der Waals surface area contributed by atoms with E-state index in [1.54, 1.807) is 0 Å². The second kappa shape index (κ2) is 6.51. The van der Waals surface area contributed by atoms with E-state index < -0.39 is 29.2 Å². The van der Waals surface area contributed by atoms with Gasteiger partial charge in [0, 0.05) is 5.69 Å². The number of carbonyl (C=O) groups excluding carboxylic acids is 2. The predicted molar refractivity (Wildman–Crippen MR) is 77.2 cm³/mol. The van der Waals surface area contributed by atoms with E-state index in [0.717, 1.165) is 12.1 Å². The summed E-state index contributed by atoms with van der Waals surface area (Å²) in [6.07, 6.45) is -4.62. The number of alkyl halides is 3. The van der Waals surface area contributed by atoms with Gasteiger partial charge in [0.2, 0.25) is 0 Å². The third-order valence-electron chi connectivity index (χ3n) is 3.04. The SMILES string of the molecule is COC(=O)c1ccc(NC(=O)c2ccccc2C(F)(F)F)cc1. The lowest BCUT2D eigenvalue weighted by Gasteiger charge is -2.12. The molecular formula is C16H12F3NO3.